The van der Waals surface area contributed by atoms with Gasteiger partial charge in [0.15, 0.2) is 0 Å². The lowest BCUT2D eigenvalue weighted by Gasteiger charge is -2.01. The second kappa shape index (κ2) is 6.51. The van der Waals surface area contributed by atoms with Crippen molar-refractivity contribution in [3.05, 3.63) is 0 Å². The zero-order chi connectivity index (χ0) is 7.82. The summed E-state index contributed by atoms with van der Waals surface area (Å²) in [6.45, 7) is 2.51. The fourth-order valence-electron chi connectivity index (χ4n) is 0.404. The highest BCUT2D eigenvalue weighted by Crippen LogP contribution is 1.78. The van der Waals surface area contributed by atoms with Crippen LogP contribution >= 0.6 is 0 Å². The molecular weight excluding hydrogens is 136 g/mol. The second-order valence-corrected chi connectivity index (χ2v) is 1.58. The van der Waals surface area contributed by atoms with Crippen molar-refractivity contribution < 1.29 is 19.4 Å². The van der Waals surface area contributed by atoms with E-state index >= 15 is 0 Å². The topological polar surface area (TPSA) is 55.8 Å². The van der Waals surface area contributed by atoms with Gasteiger partial charge in [-0.2, -0.15) is 0 Å². The number of ether oxygens (including phenoxy) is 2. The third-order valence-corrected chi connectivity index (χ3v) is 0.824. The summed E-state index contributed by atoms with van der Waals surface area (Å²) in [5.74, 6) is -0.611. The van der Waals surface area contributed by atoms with Crippen LogP contribution in [0.25, 0.3) is 0 Å². The van der Waals surface area contributed by atoms with Gasteiger partial charge in [0.25, 0.3) is 0 Å². The second-order valence-electron chi connectivity index (χ2n) is 1.58. The van der Waals surface area contributed by atoms with Crippen LogP contribution in [-0.4, -0.2) is 37.5 Å². The SMILES string of the molecule is CCOCCOC(=O)CO. The molecule has 4 heteroatoms. The number of aliphatic hydroxyl groups excluding tert-OH is 1. The first-order valence-corrected chi connectivity index (χ1v) is 3.15. The fraction of sp³-hybridized carbons (Fsp3) is 0.833. The first-order chi connectivity index (χ1) is 4.81. The van der Waals surface area contributed by atoms with Crippen LogP contribution in [0.4, 0.5) is 0 Å². The highest BCUT2D eigenvalue weighted by Gasteiger charge is 1.96. The van der Waals surface area contributed by atoms with Crippen LogP contribution in [0.3, 0.4) is 0 Å². The minimum absolute atomic E-state index is 0.216. The Kier molecular flexibility index (Phi) is 6.11. The maximum Gasteiger partial charge on any atom is 0.331 e. The Balaban J connectivity index is 2.96. The Bertz CT molecular complexity index is 91.7. The van der Waals surface area contributed by atoms with Gasteiger partial charge in [-0.05, 0) is 6.92 Å². The zero-order valence-corrected chi connectivity index (χ0v) is 6.00. The summed E-state index contributed by atoms with van der Waals surface area (Å²) < 4.78 is 9.35. The Hall–Kier alpha value is -0.610. The summed E-state index contributed by atoms with van der Waals surface area (Å²) in [6.07, 6.45) is 0. The molecule has 0 amide bonds. The van der Waals surface area contributed by atoms with E-state index in [1.807, 2.05) is 6.92 Å². The van der Waals surface area contributed by atoms with E-state index in [4.69, 9.17) is 9.84 Å². The molecule has 0 saturated carbocycles. The summed E-state index contributed by atoms with van der Waals surface area (Å²) >= 11 is 0. The molecule has 0 fully saturated rings. The van der Waals surface area contributed by atoms with Crippen LogP contribution in [0, 0.1) is 0 Å². The first kappa shape index (κ1) is 9.39. The van der Waals surface area contributed by atoms with Gasteiger partial charge < -0.3 is 14.6 Å². The van der Waals surface area contributed by atoms with Gasteiger partial charge in [0.1, 0.15) is 13.2 Å². The predicted molar refractivity (Wildman–Crippen MR) is 34.5 cm³/mol. The smallest absolute Gasteiger partial charge is 0.331 e. The van der Waals surface area contributed by atoms with Gasteiger partial charge in [0.2, 0.25) is 0 Å². The number of esters is 1. The molecule has 10 heavy (non-hydrogen) atoms. The van der Waals surface area contributed by atoms with Crippen LogP contribution in [0.5, 0.6) is 0 Å². The van der Waals surface area contributed by atoms with E-state index in [1.54, 1.807) is 0 Å². The van der Waals surface area contributed by atoms with Crippen molar-refractivity contribution in [2.24, 2.45) is 0 Å². The number of carbonyl (C=O) groups excluding carboxylic acids is 1. The molecule has 4 nitrogen and oxygen atoms in total. The Morgan fingerprint density at radius 2 is 2.20 bits per heavy atom. The number of aliphatic hydroxyl groups is 1. The lowest BCUT2D eigenvalue weighted by molar-refractivity contribution is -0.148. The Morgan fingerprint density at radius 1 is 1.50 bits per heavy atom. The summed E-state index contributed by atoms with van der Waals surface area (Å²) in [6, 6.07) is 0. The lowest BCUT2D eigenvalue weighted by atomic mass is 10.7. The molecule has 0 aliphatic carbocycles. The standard InChI is InChI=1S/C6H12O4/c1-2-9-3-4-10-6(8)5-7/h7H,2-5H2,1H3. The van der Waals surface area contributed by atoms with E-state index in [0.29, 0.717) is 13.2 Å². The van der Waals surface area contributed by atoms with Crippen LogP contribution in [0.15, 0.2) is 0 Å². The van der Waals surface area contributed by atoms with Crippen molar-refractivity contribution >= 4 is 5.97 Å². The molecule has 0 aromatic carbocycles. The van der Waals surface area contributed by atoms with Crippen molar-refractivity contribution in [1.29, 1.82) is 0 Å². The number of hydrogen-bond donors (Lipinski definition) is 1. The first-order valence-electron chi connectivity index (χ1n) is 3.15. The maximum absolute atomic E-state index is 10.2. The van der Waals surface area contributed by atoms with Gasteiger partial charge in [-0.15, -0.1) is 0 Å². The molecule has 0 aromatic rings. The Labute approximate surface area is 59.7 Å². The zero-order valence-electron chi connectivity index (χ0n) is 6.00. The van der Waals surface area contributed by atoms with Crippen LogP contribution in [0.1, 0.15) is 6.92 Å². The normalized spacial score (nSPS) is 9.40. The average molecular weight is 148 g/mol. The molecule has 0 rings (SSSR count). The van der Waals surface area contributed by atoms with E-state index in [9.17, 15) is 4.79 Å². The van der Waals surface area contributed by atoms with Gasteiger partial charge >= 0.3 is 5.97 Å². The molecule has 0 radical (unpaired) electrons. The van der Waals surface area contributed by atoms with Crippen molar-refractivity contribution in [3.8, 4) is 0 Å². The minimum atomic E-state index is -0.611. The van der Waals surface area contributed by atoms with E-state index in [2.05, 4.69) is 4.74 Å². The summed E-state index contributed by atoms with van der Waals surface area (Å²) in [4.78, 5) is 10.2. The van der Waals surface area contributed by atoms with E-state index in [0.717, 1.165) is 0 Å². The molecule has 1 N–H and O–H groups in total. The molecule has 0 saturated heterocycles. The predicted octanol–water partition coefficient (Wildman–Crippen LogP) is -0.442. The number of rotatable bonds is 5. The van der Waals surface area contributed by atoms with Crippen molar-refractivity contribution in [3.63, 3.8) is 0 Å². The van der Waals surface area contributed by atoms with Crippen LogP contribution in [-0.2, 0) is 14.3 Å². The number of hydrogen-bond acceptors (Lipinski definition) is 4. The Morgan fingerprint density at radius 3 is 2.70 bits per heavy atom. The monoisotopic (exact) mass is 148 g/mol. The maximum atomic E-state index is 10.2. The summed E-state index contributed by atoms with van der Waals surface area (Å²) in [7, 11) is 0. The molecule has 60 valence electrons. The van der Waals surface area contributed by atoms with Crippen molar-refractivity contribution in [1.82, 2.24) is 0 Å². The van der Waals surface area contributed by atoms with Gasteiger partial charge in [0.05, 0.1) is 6.61 Å². The molecule has 0 aromatic heterocycles. The van der Waals surface area contributed by atoms with Gasteiger partial charge in [-0.1, -0.05) is 0 Å². The third-order valence-electron chi connectivity index (χ3n) is 0.824. The number of carbonyl (C=O) groups is 1. The van der Waals surface area contributed by atoms with E-state index < -0.39 is 12.6 Å². The average Bonchev–Trinajstić information content (AvgIpc) is 1.98. The van der Waals surface area contributed by atoms with Crippen LogP contribution in [0.2, 0.25) is 0 Å². The van der Waals surface area contributed by atoms with E-state index in [1.165, 1.54) is 0 Å². The summed E-state index contributed by atoms with van der Waals surface area (Å²) in [5.41, 5.74) is 0. The molecule has 0 spiro atoms. The molecule has 0 aliphatic rings. The molecule has 0 atom stereocenters. The summed E-state index contributed by atoms with van der Waals surface area (Å²) in [5, 5.41) is 8.18. The quantitative estimate of drug-likeness (QED) is 0.424. The highest BCUT2D eigenvalue weighted by molar-refractivity contribution is 5.70. The molecular formula is C6H12O4. The molecule has 0 unspecified atom stereocenters. The molecule has 0 aliphatic heterocycles. The third kappa shape index (κ3) is 5.53. The van der Waals surface area contributed by atoms with Gasteiger partial charge in [-0.25, -0.2) is 4.79 Å². The fourth-order valence-corrected chi connectivity index (χ4v) is 0.404. The van der Waals surface area contributed by atoms with E-state index in [-0.39, 0.29) is 6.61 Å². The molecule has 0 heterocycles. The largest absolute Gasteiger partial charge is 0.462 e. The molecule has 0 bridgehead atoms. The van der Waals surface area contributed by atoms with Gasteiger partial charge in [0, 0.05) is 6.61 Å². The highest BCUT2D eigenvalue weighted by atomic mass is 16.6. The minimum Gasteiger partial charge on any atom is -0.462 e. The van der Waals surface area contributed by atoms with Crippen LogP contribution < -0.4 is 0 Å². The van der Waals surface area contributed by atoms with Crippen molar-refractivity contribution in [2.45, 2.75) is 6.92 Å². The van der Waals surface area contributed by atoms with Gasteiger partial charge in [-0.3, -0.25) is 0 Å². The van der Waals surface area contributed by atoms with Crippen molar-refractivity contribution in [2.75, 3.05) is 26.4 Å². The lowest BCUT2D eigenvalue weighted by Crippen LogP contribution is -2.13.